The minimum absolute atomic E-state index is 0.00248. The zero-order valence-electron chi connectivity index (χ0n) is 11.9. The molecule has 0 bridgehead atoms. The highest BCUT2D eigenvalue weighted by atomic mass is 32.1. The number of benzene rings is 1. The minimum atomic E-state index is -2.42. The molecular formula is C16H18F2N2S. The number of halogens is 2. The molecule has 0 saturated heterocycles. The third-order valence-corrected chi connectivity index (χ3v) is 5.01. The number of nitrogens with zero attached hydrogens (tertiary/aromatic N) is 1. The van der Waals surface area contributed by atoms with Gasteiger partial charge in [0.25, 0.3) is 6.43 Å². The molecule has 1 unspecified atom stereocenters. The highest BCUT2D eigenvalue weighted by Crippen LogP contribution is 2.33. The van der Waals surface area contributed by atoms with Gasteiger partial charge in [-0.15, -0.1) is 11.3 Å². The van der Waals surface area contributed by atoms with Crippen LogP contribution < -0.4 is 5.32 Å². The topological polar surface area (TPSA) is 24.9 Å². The molecule has 0 spiro atoms. The van der Waals surface area contributed by atoms with Crippen LogP contribution in [0.2, 0.25) is 0 Å². The molecule has 3 rings (SSSR count). The first kappa shape index (κ1) is 14.6. The van der Waals surface area contributed by atoms with Crippen molar-refractivity contribution in [3.8, 4) is 0 Å². The van der Waals surface area contributed by atoms with Crippen molar-refractivity contribution in [1.29, 1.82) is 0 Å². The SMILES string of the molecule is CCNC(c1ccc(C(F)F)cc1)c1nc2c(s1)CCC2. The molecule has 112 valence electrons. The maximum atomic E-state index is 12.7. The maximum absolute atomic E-state index is 12.7. The fraction of sp³-hybridized carbons (Fsp3) is 0.438. The molecule has 0 radical (unpaired) electrons. The first-order chi connectivity index (χ1) is 10.2. The van der Waals surface area contributed by atoms with Crippen LogP contribution in [0.4, 0.5) is 8.78 Å². The van der Waals surface area contributed by atoms with Crippen LogP contribution in [0.15, 0.2) is 24.3 Å². The molecule has 0 fully saturated rings. The predicted molar refractivity (Wildman–Crippen MR) is 81.1 cm³/mol. The highest BCUT2D eigenvalue weighted by Gasteiger charge is 2.23. The van der Waals surface area contributed by atoms with Gasteiger partial charge in [-0.2, -0.15) is 0 Å². The number of thiazole rings is 1. The number of aromatic nitrogens is 1. The van der Waals surface area contributed by atoms with Crippen molar-refractivity contribution >= 4 is 11.3 Å². The van der Waals surface area contributed by atoms with Gasteiger partial charge in [-0.25, -0.2) is 13.8 Å². The molecule has 1 aliphatic rings. The number of aryl methyl sites for hydroxylation is 2. The second kappa shape index (κ2) is 6.20. The van der Waals surface area contributed by atoms with Crippen LogP contribution in [-0.4, -0.2) is 11.5 Å². The fourth-order valence-corrected chi connectivity index (χ4v) is 3.98. The van der Waals surface area contributed by atoms with Gasteiger partial charge in [0.1, 0.15) is 5.01 Å². The standard InChI is InChI=1S/C16H18F2N2S/c1-2-19-14(10-6-8-11(9-7-10)15(17)18)16-20-12-4-3-5-13(12)21-16/h6-9,14-15,19H,2-5H2,1H3. The van der Waals surface area contributed by atoms with Crippen LogP contribution >= 0.6 is 11.3 Å². The van der Waals surface area contributed by atoms with Crippen molar-refractivity contribution in [2.24, 2.45) is 0 Å². The molecule has 0 amide bonds. The summed E-state index contributed by atoms with van der Waals surface area (Å²) in [5.74, 6) is 0. The lowest BCUT2D eigenvalue weighted by atomic mass is 10.1. The fourth-order valence-electron chi connectivity index (χ4n) is 2.72. The van der Waals surface area contributed by atoms with E-state index in [2.05, 4.69) is 5.32 Å². The average Bonchev–Trinajstić information content (AvgIpc) is 3.06. The van der Waals surface area contributed by atoms with Crippen molar-refractivity contribution in [1.82, 2.24) is 10.3 Å². The van der Waals surface area contributed by atoms with E-state index >= 15 is 0 Å². The van der Waals surface area contributed by atoms with E-state index in [1.165, 1.54) is 29.1 Å². The van der Waals surface area contributed by atoms with Crippen molar-refractivity contribution in [2.45, 2.75) is 38.7 Å². The summed E-state index contributed by atoms with van der Waals surface area (Å²) in [5.41, 5.74) is 2.28. The first-order valence-electron chi connectivity index (χ1n) is 7.29. The monoisotopic (exact) mass is 308 g/mol. The van der Waals surface area contributed by atoms with Crippen molar-refractivity contribution in [2.75, 3.05) is 6.54 Å². The zero-order chi connectivity index (χ0) is 14.8. The Bertz CT molecular complexity index is 586. The van der Waals surface area contributed by atoms with Gasteiger partial charge in [0, 0.05) is 10.4 Å². The van der Waals surface area contributed by atoms with Crippen LogP contribution in [0.1, 0.15) is 52.5 Å². The first-order valence-corrected chi connectivity index (χ1v) is 8.10. The lowest BCUT2D eigenvalue weighted by Gasteiger charge is -2.16. The number of alkyl halides is 2. The van der Waals surface area contributed by atoms with Gasteiger partial charge in [-0.3, -0.25) is 0 Å². The second-order valence-electron chi connectivity index (χ2n) is 5.23. The lowest BCUT2D eigenvalue weighted by molar-refractivity contribution is 0.151. The van der Waals surface area contributed by atoms with Crippen LogP contribution in [0.3, 0.4) is 0 Å². The van der Waals surface area contributed by atoms with E-state index in [-0.39, 0.29) is 11.6 Å². The van der Waals surface area contributed by atoms with E-state index in [0.717, 1.165) is 30.0 Å². The zero-order valence-corrected chi connectivity index (χ0v) is 12.7. The van der Waals surface area contributed by atoms with Gasteiger partial charge in [0.15, 0.2) is 0 Å². The molecule has 1 aromatic heterocycles. The molecule has 1 atom stereocenters. The summed E-state index contributed by atoms with van der Waals surface area (Å²) >= 11 is 1.75. The molecule has 21 heavy (non-hydrogen) atoms. The molecule has 1 heterocycles. The summed E-state index contributed by atoms with van der Waals surface area (Å²) in [7, 11) is 0. The van der Waals surface area contributed by atoms with Crippen LogP contribution in [0, 0.1) is 0 Å². The van der Waals surface area contributed by atoms with E-state index in [1.54, 1.807) is 23.5 Å². The molecule has 2 aromatic rings. The quantitative estimate of drug-likeness (QED) is 0.892. The molecule has 1 N–H and O–H groups in total. The Balaban J connectivity index is 1.89. The number of hydrogen-bond donors (Lipinski definition) is 1. The second-order valence-corrected chi connectivity index (χ2v) is 6.35. The van der Waals surface area contributed by atoms with Gasteiger partial charge in [-0.05, 0) is 31.4 Å². The Morgan fingerprint density at radius 3 is 2.52 bits per heavy atom. The van der Waals surface area contributed by atoms with E-state index < -0.39 is 6.43 Å². The van der Waals surface area contributed by atoms with Gasteiger partial charge < -0.3 is 5.32 Å². The van der Waals surface area contributed by atoms with Crippen LogP contribution in [-0.2, 0) is 12.8 Å². The number of rotatable bonds is 5. The van der Waals surface area contributed by atoms with Crippen molar-refractivity contribution in [3.05, 3.63) is 51.0 Å². The summed E-state index contributed by atoms with van der Waals surface area (Å²) in [6.07, 6.45) is 0.967. The Kier molecular flexibility index (Phi) is 4.31. The largest absolute Gasteiger partial charge is 0.305 e. The lowest BCUT2D eigenvalue weighted by Crippen LogP contribution is -2.22. The minimum Gasteiger partial charge on any atom is -0.305 e. The Morgan fingerprint density at radius 1 is 1.19 bits per heavy atom. The number of fused-ring (bicyclic) bond motifs is 1. The normalized spacial score (nSPS) is 15.4. The van der Waals surface area contributed by atoms with Crippen LogP contribution in [0.25, 0.3) is 0 Å². The Labute approximate surface area is 127 Å². The van der Waals surface area contributed by atoms with E-state index in [9.17, 15) is 8.78 Å². The van der Waals surface area contributed by atoms with E-state index in [1.807, 2.05) is 6.92 Å². The molecule has 0 saturated carbocycles. The third-order valence-electron chi connectivity index (χ3n) is 3.79. The van der Waals surface area contributed by atoms with Crippen LogP contribution in [0.5, 0.6) is 0 Å². The summed E-state index contributed by atoms with van der Waals surface area (Å²) in [4.78, 5) is 6.14. The third kappa shape index (κ3) is 2.99. The van der Waals surface area contributed by atoms with Crippen molar-refractivity contribution < 1.29 is 8.78 Å². The summed E-state index contributed by atoms with van der Waals surface area (Å²) in [5, 5.41) is 4.46. The maximum Gasteiger partial charge on any atom is 0.263 e. The van der Waals surface area contributed by atoms with Crippen molar-refractivity contribution in [3.63, 3.8) is 0 Å². The summed E-state index contributed by atoms with van der Waals surface area (Å²) < 4.78 is 25.3. The Hall–Kier alpha value is -1.33. The Morgan fingerprint density at radius 2 is 1.90 bits per heavy atom. The molecule has 1 aromatic carbocycles. The number of hydrogen-bond acceptors (Lipinski definition) is 3. The average molecular weight is 308 g/mol. The molecular weight excluding hydrogens is 290 g/mol. The highest BCUT2D eigenvalue weighted by molar-refractivity contribution is 7.11. The summed E-state index contributed by atoms with van der Waals surface area (Å²) in [6, 6.07) is 6.57. The molecule has 0 aliphatic heterocycles. The van der Waals surface area contributed by atoms with Gasteiger partial charge >= 0.3 is 0 Å². The van der Waals surface area contributed by atoms with Gasteiger partial charge in [0.05, 0.1) is 11.7 Å². The summed E-state index contributed by atoms with van der Waals surface area (Å²) in [6.45, 7) is 2.85. The van der Waals surface area contributed by atoms with Gasteiger partial charge in [-0.1, -0.05) is 31.2 Å². The van der Waals surface area contributed by atoms with E-state index in [4.69, 9.17) is 4.98 Å². The predicted octanol–water partition coefficient (Wildman–Crippen LogP) is 4.27. The smallest absolute Gasteiger partial charge is 0.263 e. The molecule has 2 nitrogen and oxygen atoms in total. The molecule has 1 aliphatic carbocycles. The van der Waals surface area contributed by atoms with E-state index in [0.29, 0.717) is 0 Å². The van der Waals surface area contributed by atoms with Gasteiger partial charge in [0.2, 0.25) is 0 Å². The molecule has 5 heteroatoms. The number of nitrogens with one attached hydrogen (secondary N) is 1.